The van der Waals surface area contributed by atoms with Crippen molar-refractivity contribution in [3.8, 4) is 0 Å². The van der Waals surface area contributed by atoms with Gasteiger partial charge < -0.3 is 4.74 Å². The number of benzene rings is 1. The van der Waals surface area contributed by atoms with Gasteiger partial charge in [0.15, 0.2) is 0 Å². The number of nitrogens with zero attached hydrogens (tertiary/aromatic N) is 1. The van der Waals surface area contributed by atoms with Gasteiger partial charge in [-0.05, 0) is 25.8 Å². The van der Waals surface area contributed by atoms with E-state index in [0.29, 0.717) is 5.57 Å². The van der Waals surface area contributed by atoms with Crippen LogP contribution in [0.25, 0.3) is 0 Å². The fourth-order valence-electron chi connectivity index (χ4n) is 2.71. The molecule has 0 saturated carbocycles. The third kappa shape index (κ3) is 3.02. The van der Waals surface area contributed by atoms with Gasteiger partial charge in [-0.15, -0.1) is 0 Å². The van der Waals surface area contributed by atoms with Crippen LogP contribution < -0.4 is 0 Å². The van der Waals surface area contributed by atoms with Crippen LogP contribution in [0.1, 0.15) is 31.7 Å². The molecule has 2 rings (SSSR count). The molecule has 0 fully saturated rings. The second kappa shape index (κ2) is 5.91. The molecular formula is C16H17NO4. The molecule has 0 aliphatic heterocycles. The fraction of sp³-hybridized carbons (Fsp3) is 0.312. The molecule has 0 bridgehead atoms. The molecule has 1 aromatic rings. The molecule has 1 aromatic carbocycles. The molecule has 0 radical (unpaired) electrons. The predicted molar refractivity (Wildman–Crippen MR) is 78.9 cm³/mol. The van der Waals surface area contributed by atoms with Gasteiger partial charge in [0.05, 0.1) is 12.0 Å². The number of carbonyl (C=O) groups is 1. The van der Waals surface area contributed by atoms with E-state index in [0.717, 1.165) is 23.1 Å². The molecule has 5 heteroatoms. The van der Waals surface area contributed by atoms with Crippen molar-refractivity contribution in [2.75, 3.05) is 7.11 Å². The Morgan fingerprint density at radius 1 is 1.38 bits per heavy atom. The van der Waals surface area contributed by atoms with Crippen LogP contribution in [0.3, 0.4) is 0 Å². The Morgan fingerprint density at radius 2 is 2.10 bits per heavy atom. The van der Waals surface area contributed by atoms with Crippen molar-refractivity contribution < 1.29 is 14.5 Å². The van der Waals surface area contributed by atoms with Crippen molar-refractivity contribution in [2.24, 2.45) is 0 Å². The summed E-state index contributed by atoms with van der Waals surface area (Å²) in [5, 5.41) is 10.9. The molecule has 0 aromatic heterocycles. The van der Waals surface area contributed by atoms with Gasteiger partial charge >= 0.3 is 5.97 Å². The largest absolute Gasteiger partial charge is 0.466 e. The number of carbonyl (C=O) groups excluding carboxylic acids is 1. The zero-order chi connectivity index (χ0) is 15.6. The molecule has 1 aliphatic rings. The Labute approximate surface area is 123 Å². The molecule has 0 N–H and O–H groups in total. The van der Waals surface area contributed by atoms with E-state index in [1.807, 2.05) is 19.9 Å². The first-order valence-corrected chi connectivity index (χ1v) is 6.63. The fourth-order valence-corrected chi connectivity index (χ4v) is 2.71. The normalized spacial score (nSPS) is 18.2. The molecule has 0 amide bonds. The average Bonchev–Trinajstić information content (AvgIpc) is 2.45. The first kappa shape index (κ1) is 15.0. The van der Waals surface area contributed by atoms with E-state index in [2.05, 4.69) is 0 Å². The highest BCUT2D eigenvalue weighted by molar-refractivity contribution is 5.92. The lowest BCUT2D eigenvalue weighted by molar-refractivity contribution is -0.384. The molecule has 21 heavy (non-hydrogen) atoms. The van der Waals surface area contributed by atoms with E-state index in [4.69, 9.17) is 4.74 Å². The molecule has 5 nitrogen and oxygen atoms in total. The number of hydrogen-bond donors (Lipinski definition) is 0. The lowest BCUT2D eigenvalue weighted by Crippen LogP contribution is -2.17. The molecule has 0 heterocycles. The van der Waals surface area contributed by atoms with Gasteiger partial charge in [0.1, 0.15) is 0 Å². The van der Waals surface area contributed by atoms with E-state index in [9.17, 15) is 14.9 Å². The van der Waals surface area contributed by atoms with E-state index in [-0.39, 0.29) is 17.6 Å². The Balaban J connectivity index is 2.52. The first-order chi connectivity index (χ1) is 9.93. The second-order valence-electron chi connectivity index (χ2n) is 5.21. The quantitative estimate of drug-likeness (QED) is 0.369. The number of rotatable bonds is 3. The average molecular weight is 287 g/mol. The van der Waals surface area contributed by atoms with Gasteiger partial charge in [-0.25, -0.2) is 4.79 Å². The van der Waals surface area contributed by atoms with Crippen molar-refractivity contribution in [3.63, 3.8) is 0 Å². The van der Waals surface area contributed by atoms with Crippen LogP contribution in [0.4, 0.5) is 5.69 Å². The Morgan fingerprint density at radius 3 is 2.71 bits per heavy atom. The molecule has 110 valence electrons. The van der Waals surface area contributed by atoms with Crippen LogP contribution >= 0.6 is 0 Å². The highest BCUT2D eigenvalue weighted by Crippen LogP contribution is 2.37. The van der Waals surface area contributed by atoms with E-state index >= 15 is 0 Å². The Bertz CT molecular complexity index is 658. The van der Waals surface area contributed by atoms with E-state index in [1.165, 1.54) is 19.2 Å². The number of non-ortho nitro benzene ring substituents is 1. The van der Waals surface area contributed by atoms with Crippen LogP contribution in [-0.2, 0) is 9.53 Å². The molecule has 1 atom stereocenters. The number of methoxy groups -OCH3 is 1. The van der Waals surface area contributed by atoms with Crippen molar-refractivity contribution in [2.45, 2.75) is 26.2 Å². The molecule has 1 aliphatic carbocycles. The third-order valence-corrected chi connectivity index (χ3v) is 3.61. The number of hydrogen-bond acceptors (Lipinski definition) is 4. The highest BCUT2D eigenvalue weighted by atomic mass is 16.6. The molecule has 1 unspecified atom stereocenters. The summed E-state index contributed by atoms with van der Waals surface area (Å²) in [5.41, 5.74) is 3.40. The van der Waals surface area contributed by atoms with Gasteiger partial charge in [-0.2, -0.15) is 0 Å². The van der Waals surface area contributed by atoms with Crippen LogP contribution in [0.2, 0.25) is 0 Å². The van der Waals surface area contributed by atoms with Gasteiger partial charge in [-0.3, -0.25) is 10.1 Å². The van der Waals surface area contributed by atoms with Crippen molar-refractivity contribution in [3.05, 3.63) is 62.7 Å². The lowest BCUT2D eigenvalue weighted by atomic mass is 9.81. The maximum absolute atomic E-state index is 12.0. The van der Waals surface area contributed by atoms with Crippen LogP contribution in [-0.4, -0.2) is 18.0 Å². The summed E-state index contributed by atoms with van der Waals surface area (Å²) >= 11 is 0. The van der Waals surface area contributed by atoms with Crippen LogP contribution in [0, 0.1) is 10.1 Å². The minimum Gasteiger partial charge on any atom is -0.466 e. The zero-order valence-corrected chi connectivity index (χ0v) is 12.3. The number of nitro benzene ring substituents is 1. The minimum absolute atomic E-state index is 0.0194. The van der Waals surface area contributed by atoms with Crippen molar-refractivity contribution in [1.82, 2.24) is 0 Å². The van der Waals surface area contributed by atoms with Crippen molar-refractivity contribution in [1.29, 1.82) is 0 Å². The van der Waals surface area contributed by atoms with E-state index < -0.39 is 4.92 Å². The van der Waals surface area contributed by atoms with Gasteiger partial charge in [0.2, 0.25) is 0 Å². The topological polar surface area (TPSA) is 69.4 Å². The summed E-state index contributed by atoms with van der Waals surface area (Å²) in [6.07, 6.45) is 2.69. The van der Waals surface area contributed by atoms with Crippen molar-refractivity contribution >= 4 is 11.7 Å². The standard InChI is InChI=1S/C16H17NO4/c1-10-7-11(2)15(16(18)21-3)14(8-10)12-5-4-6-13(9-12)17(19)20/h4-6,8-9,14H,7H2,1-3H3. The van der Waals surface area contributed by atoms with Crippen LogP contribution in [0.5, 0.6) is 0 Å². The maximum atomic E-state index is 12.0. The predicted octanol–water partition coefficient (Wildman–Crippen LogP) is 3.52. The molecular weight excluding hydrogens is 270 g/mol. The summed E-state index contributed by atoms with van der Waals surface area (Å²) in [5.74, 6) is -0.682. The lowest BCUT2D eigenvalue weighted by Gasteiger charge is -2.24. The van der Waals surface area contributed by atoms with Gasteiger partial charge in [0, 0.05) is 23.6 Å². The molecule has 0 spiro atoms. The van der Waals surface area contributed by atoms with E-state index in [1.54, 1.807) is 12.1 Å². The summed E-state index contributed by atoms with van der Waals surface area (Å²) in [6.45, 7) is 3.88. The molecule has 0 saturated heterocycles. The third-order valence-electron chi connectivity index (χ3n) is 3.61. The monoisotopic (exact) mass is 287 g/mol. The van der Waals surface area contributed by atoms with Gasteiger partial charge in [-0.1, -0.05) is 29.4 Å². The zero-order valence-electron chi connectivity index (χ0n) is 12.3. The SMILES string of the molecule is COC(=O)C1=C(C)CC(C)=CC1c1cccc([N+](=O)[O-])c1. The Kier molecular flexibility index (Phi) is 4.21. The van der Waals surface area contributed by atoms with Crippen LogP contribution in [0.15, 0.2) is 47.1 Å². The first-order valence-electron chi connectivity index (χ1n) is 6.63. The summed E-state index contributed by atoms with van der Waals surface area (Å²) in [6, 6.07) is 6.38. The minimum atomic E-state index is -0.433. The number of ether oxygens (including phenoxy) is 1. The highest BCUT2D eigenvalue weighted by Gasteiger charge is 2.28. The Hall–Kier alpha value is -2.43. The second-order valence-corrected chi connectivity index (χ2v) is 5.21. The smallest absolute Gasteiger partial charge is 0.334 e. The number of allylic oxidation sites excluding steroid dienone is 3. The number of esters is 1. The maximum Gasteiger partial charge on any atom is 0.334 e. The summed E-state index contributed by atoms with van der Waals surface area (Å²) < 4.78 is 4.86. The number of nitro groups is 1. The summed E-state index contributed by atoms with van der Waals surface area (Å²) in [7, 11) is 1.35. The van der Waals surface area contributed by atoms with Gasteiger partial charge in [0.25, 0.3) is 5.69 Å². The summed E-state index contributed by atoms with van der Waals surface area (Å²) in [4.78, 5) is 22.5.